The molecule has 3 aliphatic rings. The number of allylic oxidation sites excluding steroid dienone is 2. The van der Waals surface area contributed by atoms with Crippen molar-refractivity contribution in [2.24, 2.45) is 23.7 Å². The fraction of sp³-hybridized carbons (Fsp3) is 0.357. The lowest BCUT2D eigenvalue weighted by atomic mass is 9.78. The predicted molar refractivity (Wildman–Crippen MR) is 133 cm³/mol. The first kappa shape index (κ1) is 23.8. The normalized spacial score (nSPS) is 25.3. The molecule has 0 bridgehead atoms. The van der Waals surface area contributed by atoms with Gasteiger partial charge in [0.25, 0.3) is 0 Å². The summed E-state index contributed by atoms with van der Waals surface area (Å²) in [6.45, 7) is 4.60. The maximum Gasteiger partial charge on any atom is 0.316 e. The molecule has 1 aliphatic carbocycles. The van der Waals surface area contributed by atoms with Crippen molar-refractivity contribution in [1.82, 2.24) is 0 Å². The average Bonchev–Trinajstić information content (AvgIpc) is 3.38. The lowest BCUT2D eigenvalue weighted by Crippen LogP contribution is -2.31. The molecule has 0 spiro atoms. The first-order valence-electron chi connectivity index (χ1n) is 12.3. The zero-order valence-corrected chi connectivity index (χ0v) is 20.3. The summed E-state index contributed by atoms with van der Waals surface area (Å²) in [6, 6.07) is 13.6. The van der Waals surface area contributed by atoms with Gasteiger partial charge in [-0.15, -0.1) is 0 Å². The lowest BCUT2D eigenvalue weighted by Gasteiger charge is -2.22. The summed E-state index contributed by atoms with van der Waals surface area (Å²) in [6.07, 6.45) is 4.53. The standard InChI is InChI=1S/C28H28N2O6/c1-3-35-21-12-10-19(11-13-21)29-16-18(14-24(29)31)28(34)36-22-8-5-7-20(15-22)30-26(32)23-9-4-6-17(2)25(23)27(30)33/h4-8,10-13,15,17-18,23,25H,3,9,14,16H2,1-2H3/t17-,18+,23+,25+/m0/s1. The third-order valence-corrected chi connectivity index (χ3v) is 7.08. The second-order valence-corrected chi connectivity index (χ2v) is 9.42. The van der Waals surface area contributed by atoms with Crippen molar-refractivity contribution < 1.29 is 28.7 Å². The summed E-state index contributed by atoms with van der Waals surface area (Å²) in [5.41, 5.74) is 1.08. The van der Waals surface area contributed by atoms with Crippen LogP contribution in [0, 0.1) is 23.7 Å². The molecule has 0 unspecified atom stereocenters. The van der Waals surface area contributed by atoms with E-state index in [2.05, 4.69) is 0 Å². The van der Waals surface area contributed by atoms with Gasteiger partial charge in [0, 0.05) is 24.7 Å². The molecular formula is C28H28N2O6. The number of anilines is 2. The average molecular weight is 489 g/mol. The number of hydrogen-bond donors (Lipinski definition) is 0. The Bertz CT molecular complexity index is 1240. The van der Waals surface area contributed by atoms with Gasteiger partial charge in [0.15, 0.2) is 0 Å². The Kier molecular flexibility index (Phi) is 6.35. The number of ether oxygens (including phenoxy) is 2. The van der Waals surface area contributed by atoms with E-state index in [-0.39, 0.29) is 54.2 Å². The Balaban J connectivity index is 1.27. The third kappa shape index (κ3) is 4.27. The Labute approximate surface area is 209 Å². The predicted octanol–water partition coefficient (Wildman–Crippen LogP) is 3.75. The van der Waals surface area contributed by atoms with Crippen molar-refractivity contribution >= 4 is 35.1 Å². The number of amides is 3. The lowest BCUT2D eigenvalue weighted by molar-refractivity contribution is -0.139. The minimum absolute atomic E-state index is 0.00978. The first-order chi connectivity index (χ1) is 17.4. The van der Waals surface area contributed by atoms with E-state index in [0.717, 1.165) is 0 Å². The zero-order chi connectivity index (χ0) is 25.4. The molecule has 36 heavy (non-hydrogen) atoms. The Morgan fingerprint density at radius 1 is 1.00 bits per heavy atom. The van der Waals surface area contributed by atoms with E-state index in [1.807, 2.05) is 26.0 Å². The number of imide groups is 1. The fourth-order valence-electron chi connectivity index (χ4n) is 5.29. The summed E-state index contributed by atoms with van der Waals surface area (Å²) in [4.78, 5) is 54.4. The first-order valence-corrected chi connectivity index (χ1v) is 12.3. The molecule has 2 aromatic carbocycles. The number of benzene rings is 2. The van der Waals surface area contributed by atoms with Crippen LogP contribution in [0.15, 0.2) is 60.7 Å². The quantitative estimate of drug-likeness (QED) is 0.266. The number of hydrogen-bond acceptors (Lipinski definition) is 6. The largest absolute Gasteiger partial charge is 0.494 e. The molecule has 4 atom stereocenters. The molecular weight excluding hydrogens is 460 g/mol. The van der Waals surface area contributed by atoms with Crippen LogP contribution in [0.25, 0.3) is 0 Å². The van der Waals surface area contributed by atoms with Crippen molar-refractivity contribution in [1.29, 1.82) is 0 Å². The highest BCUT2D eigenvalue weighted by molar-refractivity contribution is 6.22. The van der Waals surface area contributed by atoms with Crippen LogP contribution in [0.4, 0.5) is 11.4 Å². The fourth-order valence-corrected chi connectivity index (χ4v) is 5.29. The van der Waals surface area contributed by atoms with E-state index in [4.69, 9.17) is 9.47 Å². The van der Waals surface area contributed by atoms with Gasteiger partial charge in [-0.25, -0.2) is 4.90 Å². The summed E-state index contributed by atoms with van der Waals surface area (Å²) in [5.74, 6) is -1.56. The number of nitrogens with zero attached hydrogens (tertiary/aromatic N) is 2. The molecule has 186 valence electrons. The molecule has 2 aromatic rings. The van der Waals surface area contributed by atoms with Gasteiger partial charge in [0.2, 0.25) is 17.7 Å². The van der Waals surface area contributed by atoms with Crippen molar-refractivity contribution in [3.8, 4) is 11.5 Å². The topological polar surface area (TPSA) is 93.2 Å². The molecule has 0 N–H and O–H groups in total. The van der Waals surface area contributed by atoms with Crippen molar-refractivity contribution in [2.45, 2.75) is 26.7 Å². The monoisotopic (exact) mass is 488 g/mol. The molecule has 0 radical (unpaired) electrons. The van der Waals surface area contributed by atoms with Gasteiger partial charge in [-0.2, -0.15) is 0 Å². The number of esters is 1. The molecule has 2 heterocycles. The SMILES string of the molecule is CCOc1ccc(N2C[C@H](C(=O)Oc3cccc(N4C(=O)[C@@H]5[C@@H](C)C=CC[C@H]5C4=O)c3)CC2=O)cc1. The highest BCUT2D eigenvalue weighted by Gasteiger charge is 2.50. The summed E-state index contributed by atoms with van der Waals surface area (Å²) >= 11 is 0. The Morgan fingerprint density at radius 3 is 2.50 bits per heavy atom. The molecule has 0 aromatic heterocycles. The molecule has 3 amide bonds. The van der Waals surface area contributed by atoms with Crippen molar-refractivity contribution in [3.63, 3.8) is 0 Å². The van der Waals surface area contributed by atoms with Crippen LogP contribution < -0.4 is 19.3 Å². The van der Waals surface area contributed by atoms with Crippen LogP contribution in [-0.4, -0.2) is 36.8 Å². The maximum atomic E-state index is 13.1. The second kappa shape index (κ2) is 9.60. The number of rotatable bonds is 6. The second-order valence-electron chi connectivity index (χ2n) is 9.42. The van der Waals surface area contributed by atoms with Crippen LogP contribution in [0.2, 0.25) is 0 Å². The number of fused-ring (bicyclic) bond motifs is 1. The molecule has 8 nitrogen and oxygen atoms in total. The minimum Gasteiger partial charge on any atom is -0.494 e. The van der Waals surface area contributed by atoms with Crippen molar-refractivity contribution in [2.75, 3.05) is 23.0 Å². The highest BCUT2D eigenvalue weighted by Crippen LogP contribution is 2.41. The minimum atomic E-state index is -0.627. The highest BCUT2D eigenvalue weighted by atomic mass is 16.5. The van der Waals surface area contributed by atoms with Gasteiger partial charge in [0.05, 0.1) is 30.0 Å². The third-order valence-electron chi connectivity index (χ3n) is 7.08. The molecule has 2 saturated heterocycles. The maximum absolute atomic E-state index is 13.1. The van der Waals surface area contributed by atoms with Crippen LogP contribution in [0.1, 0.15) is 26.7 Å². The molecule has 8 heteroatoms. The van der Waals surface area contributed by atoms with E-state index in [1.165, 1.54) is 11.0 Å². The Morgan fingerprint density at radius 2 is 1.78 bits per heavy atom. The zero-order valence-electron chi connectivity index (χ0n) is 20.3. The van der Waals surface area contributed by atoms with E-state index in [0.29, 0.717) is 30.2 Å². The van der Waals surface area contributed by atoms with Crippen LogP contribution in [0.5, 0.6) is 11.5 Å². The van der Waals surface area contributed by atoms with E-state index >= 15 is 0 Å². The van der Waals surface area contributed by atoms with Gasteiger partial charge in [-0.05, 0) is 55.7 Å². The van der Waals surface area contributed by atoms with Gasteiger partial charge in [0.1, 0.15) is 11.5 Å². The number of carbonyl (C=O) groups is 4. The van der Waals surface area contributed by atoms with Crippen LogP contribution in [0.3, 0.4) is 0 Å². The summed E-state index contributed by atoms with van der Waals surface area (Å²) in [5, 5.41) is 0. The van der Waals surface area contributed by atoms with Crippen molar-refractivity contribution in [3.05, 3.63) is 60.7 Å². The smallest absolute Gasteiger partial charge is 0.316 e. The molecule has 5 rings (SSSR count). The van der Waals surface area contributed by atoms with Gasteiger partial charge < -0.3 is 14.4 Å². The van der Waals surface area contributed by atoms with Gasteiger partial charge in [-0.1, -0.05) is 25.1 Å². The van der Waals surface area contributed by atoms with Gasteiger partial charge in [-0.3, -0.25) is 19.2 Å². The molecule has 0 saturated carbocycles. The van der Waals surface area contributed by atoms with E-state index in [1.54, 1.807) is 47.4 Å². The number of carbonyl (C=O) groups excluding carboxylic acids is 4. The molecule has 2 fully saturated rings. The van der Waals surface area contributed by atoms with E-state index in [9.17, 15) is 19.2 Å². The summed E-state index contributed by atoms with van der Waals surface area (Å²) in [7, 11) is 0. The van der Waals surface area contributed by atoms with Gasteiger partial charge >= 0.3 is 5.97 Å². The molecule has 2 aliphatic heterocycles. The van der Waals surface area contributed by atoms with Crippen LogP contribution >= 0.6 is 0 Å². The summed E-state index contributed by atoms with van der Waals surface area (Å²) < 4.78 is 11.0. The Hall–Kier alpha value is -3.94. The van der Waals surface area contributed by atoms with E-state index < -0.39 is 11.9 Å². The van der Waals surface area contributed by atoms with Crippen LogP contribution in [-0.2, 0) is 19.2 Å².